The smallest absolute Gasteiger partial charge is 0.208 e. The first-order valence-corrected chi connectivity index (χ1v) is 11.1. The van der Waals surface area contributed by atoms with E-state index in [9.17, 15) is 0 Å². The van der Waals surface area contributed by atoms with Crippen LogP contribution in [-0.4, -0.2) is 61.3 Å². The van der Waals surface area contributed by atoms with Crippen LogP contribution in [0.25, 0.3) is 0 Å². The summed E-state index contributed by atoms with van der Waals surface area (Å²) in [4.78, 5) is 11.4. The molecule has 170 valence electrons. The molecule has 1 aromatic heterocycles. The Labute approximate surface area is 197 Å². The van der Waals surface area contributed by atoms with Crippen LogP contribution in [0.4, 0.5) is 0 Å². The minimum atomic E-state index is 0. The molecule has 1 aromatic rings. The molecule has 7 nitrogen and oxygen atoms in total. The van der Waals surface area contributed by atoms with Crippen LogP contribution in [0.1, 0.15) is 50.5 Å². The number of hydrogen-bond acceptors (Lipinski definition) is 5. The zero-order valence-electron chi connectivity index (χ0n) is 19.0. The molecule has 3 atom stereocenters. The van der Waals surface area contributed by atoms with Gasteiger partial charge in [-0.05, 0) is 52.1 Å². The molecule has 0 bridgehead atoms. The number of fused-ring (bicyclic) bond motifs is 1. The predicted octanol–water partition coefficient (Wildman–Crippen LogP) is 3.10. The van der Waals surface area contributed by atoms with Gasteiger partial charge in [0.1, 0.15) is 5.76 Å². The molecular formula is C22H38IN5O2. The van der Waals surface area contributed by atoms with E-state index < -0.39 is 0 Å². The summed E-state index contributed by atoms with van der Waals surface area (Å²) in [6, 6.07) is 0.441. The van der Waals surface area contributed by atoms with Gasteiger partial charge in [0.05, 0.1) is 18.3 Å². The molecule has 8 heteroatoms. The van der Waals surface area contributed by atoms with Gasteiger partial charge in [0.15, 0.2) is 5.96 Å². The summed E-state index contributed by atoms with van der Waals surface area (Å²) in [7, 11) is 1.87. The van der Waals surface area contributed by atoms with E-state index >= 15 is 0 Å². The van der Waals surface area contributed by atoms with E-state index in [2.05, 4.69) is 39.4 Å². The normalized spacial score (nSPS) is 29.1. The Morgan fingerprint density at radius 2 is 1.97 bits per heavy atom. The van der Waals surface area contributed by atoms with Gasteiger partial charge in [0, 0.05) is 37.6 Å². The number of aryl methyl sites for hydroxylation is 2. The molecule has 3 aliphatic rings. The van der Waals surface area contributed by atoms with Crippen molar-refractivity contribution in [2.45, 2.75) is 65.6 Å². The average molecular weight is 531 g/mol. The number of nitrogens with one attached hydrogen (secondary N) is 2. The summed E-state index contributed by atoms with van der Waals surface area (Å²) in [5.74, 6) is 4.01. The molecule has 3 unspecified atom stereocenters. The zero-order chi connectivity index (χ0) is 20.6. The number of nitrogens with zero attached hydrogens (tertiary/aromatic N) is 3. The van der Waals surface area contributed by atoms with Crippen molar-refractivity contribution >= 4 is 29.9 Å². The molecule has 4 rings (SSSR count). The lowest BCUT2D eigenvalue weighted by molar-refractivity contribution is -0.106. The molecular weight excluding hydrogens is 493 g/mol. The van der Waals surface area contributed by atoms with Crippen LogP contribution in [0.2, 0.25) is 0 Å². The van der Waals surface area contributed by atoms with E-state index in [1.807, 2.05) is 20.9 Å². The third-order valence-electron chi connectivity index (χ3n) is 7.31. The number of ether oxygens (including phenoxy) is 1. The summed E-state index contributed by atoms with van der Waals surface area (Å²) in [5.41, 5.74) is 1.17. The first kappa shape index (κ1) is 23.8. The molecule has 3 fully saturated rings. The summed E-state index contributed by atoms with van der Waals surface area (Å²) in [6.07, 6.45) is 3.94. The maximum Gasteiger partial charge on any atom is 0.208 e. The van der Waals surface area contributed by atoms with Crippen molar-refractivity contribution in [3.05, 3.63) is 17.3 Å². The number of likely N-dealkylation sites (tertiary alicyclic amines) is 1. The second-order valence-corrected chi connectivity index (χ2v) is 9.61. The average Bonchev–Trinajstić information content (AvgIpc) is 3.28. The molecule has 0 spiro atoms. The van der Waals surface area contributed by atoms with Crippen LogP contribution >= 0.6 is 24.0 Å². The zero-order valence-corrected chi connectivity index (χ0v) is 21.4. The Hall–Kier alpha value is -0.870. The van der Waals surface area contributed by atoms with Crippen LogP contribution in [0, 0.1) is 31.1 Å². The number of piperidine rings is 1. The van der Waals surface area contributed by atoms with E-state index in [4.69, 9.17) is 9.15 Å². The summed E-state index contributed by atoms with van der Waals surface area (Å²) in [5, 5.41) is 7.26. The van der Waals surface area contributed by atoms with Gasteiger partial charge in [-0.25, -0.2) is 4.98 Å². The number of aliphatic imine (C=N–C) groups is 1. The number of guanidine groups is 1. The van der Waals surface area contributed by atoms with Crippen molar-refractivity contribution in [2.75, 3.05) is 33.3 Å². The lowest BCUT2D eigenvalue weighted by Gasteiger charge is -2.55. The topological polar surface area (TPSA) is 74.9 Å². The van der Waals surface area contributed by atoms with Gasteiger partial charge in [-0.1, -0.05) is 13.8 Å². The third kappa shape index (κ3) is 4.80. The molecule has 3 heterocycles. The van der Waals surface area contributed by atoms with E-state index in [-0.39, 0.29) is 29.4 Å². The number of aromatic nitrogens is 1. The SMILES string of the molecule is CN=C(NCC1CCN(Cc2nc(C)c(C)o2)CC1)NC1C2CCOC2C1(C)C.I. The van der Waals surface area contributed by atoms with E-state index in [1.54, 1.807) is 0 Å². The highest BCUT2D eigenvalue weighted by molar-refractivity contribution is 14.0. The maximum absolute atomic E-state index is 5.91. The standard InChI is InChI=1S/C22H37N5O2.HI/c1-14-15(2)29-18(25-14)13-27-9-6-16(7-10-27)12-24-21(23-5)26-19-17-8-11-28-20(17)22(19,3)4;/h16-17,19-20H,6-13H2,1-5H3,(H2,23,24,26);1H. The van der Waals surface area contributed by atoms with Gasteiger partial charge in [-0.2, -0.15) is 0 Å². The van der Waals surface area contributed by atoms with Crippen molar-refractivity contribution < 1.29 is 9.15 Å². The fourth-order valence-electron chi connectivity index (χ4n) is 5.35. The second-order valence-electron chi connectivity index (χ2n) is 9.61. The fraction of sp³-hybridized carbons (Fsp3) is 0.818. The van der Waals surface area contributed by atoms with Crippen molar-refractivity contribution in [1.82, 2.24) is 20.5 Å². The molecule has 1 aliphatic carbocycles. The summed E-state index contributed by atoms with van der Waals surface area (Å²) >= 11 is 0. The van der Waals surface area contributed by atoms with Crippen LogP contribution < -0.4 is 10.6 Å². The molecule has 0 amide bonds. The number of halogens is 1. The van der Waals surface area contributed by atoms with Gasteiger partial charge >= 0.3 is 0 Å². The van der Waals surface area contributed by atoms with Crippen LogP contribution in [0.3, 0.4) is 0 Å². The minimum absolute atomic E-state index is 0. The third-order valence-corrected chi connectivity index (χ3v) is 7.31. The van der Waals surface area contributed by atoms with Crippen molar-refractivity contribution in [3.63, 3.8) is 0 Å². The lowest BCUT2D eigenvalue weighted by atomic mass is 9.57. The molecule has 0 radical (unpaired) electrons. The highest BCUT2D eigenvalue weighted by Gasteiger charge is 2.59. The van der Waals surface area contributed by atoms with Crippen molar-refractivity contribution in [2.24, 2.45) is 22.2 Å². The van der Waals surface area contributed by atoms with Gasteiger partial charge in [-0.3, -0.25) is 9.89 Å². The van der Waals surface area contributed by atoms with Crippen molar-refractivity contribution in [3.8, 4) is 0 Å². The van der Waals surface area contributed by atoms with Crippen LogP contribution in [-0.2, 0) is 11.3 Å². The Bertz CT molecular complexity index is 722. The van der Waals surface area contributed by atoms with Crippen molar-refractivity contribution in [1.29, 1.82) is 0 Å². The molecule has 2 N–H and O–H groups in total. The largest absolute Gasteiger partial charge is 0.444 e. The highest BCUT2D eigenvalue weighted by Crippen LogP contribution is 2.52. The van der Waals surface area contributed by atoms with Gasteiger partial charge < -0.3 is 19.8 Å². The highest BCUT2D eigenvalue weighted by atomic mass is 127. The Morgan fingerprint density at radius 1 is 1.23 bits per heavy atom. The van der Waals surface area contributed by atoms with Gasteiger partial charge in [0.25, 0.3) is 0 Å². The quantitative estimate of drug-likeness (QED) is 0.346. The summed E-state index contributed by atoms with van der Waals surface area (Å²) in [6.45, 7) is 13.5. The molecule has 2 aliphatic heterocycles. The van der Waals surface area contributed by atoms with E-state index in [1.165, 1.54) is 12.8 Å². The lowest BCUT2D eigenvalue weighted by Crippen LogP contribution is -2.68. The number of oxazole rings is 1. The van der Waals surface area contributed by atoms with Gasteiger partial charge in [-0.15, -0.1) is 24.0 Å². The van der Waals surface area contributed by atoms with E-state index in [0.717, 1.165) is 62.5 Å². The first-order chi connectivity index (χ1) is 13.9. The maximum atomic E-state index is 5.91. The van der Waals surface area contributed by atoms with E-state index in [0.29, 0.717) is 24.0 Å². The number of rotatable bonds is 5. The second kappa shape index (κ2) is 9.73. The molecule has 30 heavy (non-hydrogen) atoms. The predicted molar refractivity (Wildman–Crippen MR) is 129 cm³/mol. The molecule has 0 aromatic carbocycles. The first-order valence-electron chi connectivity index (χ1n) is 11.1. The molecule has 1 saturated carbocycles. The van der Waals surface area contributed by atoms with Crippen LogP contribution in [0.15, 0.2) is 9.41 Å². The Balaban J connectivity index is 0.00000256. The Morgan fingerprint density at radius 3 is 2.60 bits per heavy atom. The molecule has 2 saturated heterocycles. The van der Waals surface area contributed by atoms with Crippen LogP contribution in [0.5, 0.6) is 0 Å². The monoisotopic (exact) mass is 531 g/mol. The van der Waals surface area contributed by atoms with Gasteiger partial charge in [0.2, 0.25) is 5.89 Å². The summed E-state index contributed by atoms with van der Waals surface area (Å²) < 4.78 is 11.7. The Kier molecular flexibility index (Phi) is 7.71. The number of hydrogen-bond donors (Lipinski definition) is 2. The minimum Gasteiger partial charge on any atom is -0.444 e. The fourth-order valence-corrected chi connectivity index (χ4v) is 5.35.